The molecule has 0 heterocycles. The van der Waals surface area contributed by atoms with Crippen LogP contribution in [-0.2, 0) is 9.84 Å². The van der Waals surface area contributed by atoms with Gasteiger partial charge in [-0.1, -0.05) is 18.2 Å². The number of sulfone groups is 1. The third kappa shape index (κ3) is 3.54. The Bertz CT molecular complexity index is 742. The van der Waals surface area contributed by atoms with Crippen molar-refractivity contribution in [1.82, 2.24) is 0 Å². The number of benzene rings is 2. The van der Waals surface area contributed by atoms with Crippen LogP contribution in [0.1, 0.15) is 16.5 Å². The second-order valence-corrected chi connectivity index (χ2v) is 7.05. The van der Waals surface area contributed by atoms with Gasteiger partial charge in [-0.25, -0.2) is 12.8 Å². The molecule has 0 aliphatic rings. The van der Waals surface area contributed by atoms with Crippen molar-refractivity contribution in [3.8, 4) is 5.75 Å². The molecule has 2 aromatic rings. The number of rotatable bonds is 4. The zero-order chi connectivity index (χ0) is 15.6. The Morgan fingerprint density at radius 2 is 1.67 bits per heavy atom. The summed E-state index contributed by atoms with van der Waals surface area (Å²) >= 11 is 6.31. The van der Waals surface area contributed by atoms with Gasteiger partial charge < -0.3 is 4.74 Å². The van der Waals surface area contributed by atoms with Crippen LogP contribution >= 0.6 is 11.6 Å². The predicted octanol–water partition coefficient (Wildman–Crippen LogP) is 3.57. The van der Waals surface area contributed by atoms with Crippen LogP contribution in [0.15, 0.2) is 47.4 Å². The zero-order valence-electron chi connectivity index (χ0n) is 11.5. The molecular weight excluding hydrogens is 315 g/mol. The van der Waals surface area contributed by atoms with Crippen molar-refractivity contribution in [2.75, 3.05) is 13.4 Å². The van der Waals surface area contributed by atoms with Gasteiger partial charge in [0.2, 0.25) is 0 Å². The number of halogens is 2. The SMILES string of the molecule is COc1ccc(C(Cl)c2ccc(S(C)(=O)=O)cc2)cc1F. The van der Waals surface area contributed by atoms with Gasteiger partial charge in [-0.05, 0) is 35.4 Å². The summed E-state index contributed by atoms with van der Waals surface area (Å²) in [7, 11) is -1.86. The summed E-state index contributed by atoms with van der Waals surface area (Å²) in [4.78, 5) is 0.219. The van der Waals surface area contributed by atoms with Gasteiger partial charge in [0.25, 0.3) is 0 Å². The monoisotopic (exact) mass is 328 g/mol. The lowest BCUT2D eigenvalue weighted by Gasteiger charge is -2.12. The lowest BCUT2D eigenvalue weighted by molar-refractivity contribution is 0.386. The molecule has 0 saturated carbocycles. The van der Waals surface area contributed by atoms with Crippen molar-refractivity contribution in [3.63, 3.8) is 0 Å². The van der Waals surface area contributed by atoms with E-state index in [2.05, 4.69) is 0 Å². The van der Waals surface area contributed by atoms with Gasteiger partial charge in [0.1, 0.15) is 0 Å². The summed E-state index contributed by atoms with van der Waals surface area (Å²) in [6, 6.07) is 10.7. The molecule has 0 bridgehead atoms. The van der Waals surface area contributed by atoms with E-state index in [1.54, 1.807) is 18.2 Å². The van der Waals surface area contributed by atoms with E-state index in [0.29, 0.717) is 11.1 Å². The summed E-state index contributed by atoms with van der Waals surface area (Å²) in [5, 5.41) is -0.570. The van der Waals surface area contributed by atoms with Gasteiger partial charge in [-0.3, -0.25) is 0 Å². The molecule has 0 radical (unpaired) electrons. The van der Waals surface area contributed by atoms with E-state index < -0.39 is 21.0 Å². The van der Waals surface area contributed by atoms with Crippen molar-refractivity contribution in [1.29, 1.82) is 0 Å². The highest BCUT2D eigenvalue weighted by atomic mass is 35.5. The maximum Gasteiger partial charge on any atom is 0.175 e. The molecule has 0 spiro atoms. The first-order valence-corrected chi connectivity index (χ1v) is 8.43. The van der Waals surface area contributed by atoms with Gasteiger partial charge in [0, 0.05) is 6.26 Å². The molecule has 1 atom stereocenters. The largest absolute Gasteiger partial charge is 0.494 e. The van der Waals surface area contributed by atoms with Crippen LogP contribution in [0, 0.1) is 5.82 Å². The normalized spacial score (nSPS) is 13.0. The Kier molecular flexibility index (Phi) is 4.54. The fourth-order valence-electron chi connectivity index (χ4n) is 1.92. The summed E-state index contributed by atoms with van der Waals surface area (Å²) < 4.78 is 41.3. The van der Waals surface area contributed by atoms with Crippen LogP contribution in [0.2, 0.25) is 0 Å². The molecule has 112 valence electrons. The highest BCUT2D eigenvalue weighted by molar-refractivity contribution is 7.90. The van der Waals surface area contributed by atoms with E-state index in [1.165, 1.54) is 31.4 Å². The molecule has 0 fully saturated rings. The highest BCUT2D eigenvalue weighted by Gasteiger charge is 2.15. The molecule has 0 aliphatic heterocycles. The Morgan fingerprint density at radius 1 is 1.10 bits per heavy atom. The average Bonchev–Trinajstić information content (AvgIpc) is 2.45. The molecule has 0 aliphatic carbocycles. The molecule has 3 nitrogen and oxygen atoms in total. The first-order valence-electron chi connectivity index (χ1n) is 6.10. The lowest BCUT2D eigenvalue weighted by atomic mass is 10.0. The maximum absolute atomic E-state index is 13.7. The third-order valence-corrected chi connectivity index (χ3v) is 4.70. The Balaban J connectivity index is 2.31. The maximum atomic E-state index is 13.7. The Hall–Kier alpha value is -1.59. The average molecular weight is 329 g/mol. The van der Waals surface area contributed by atoms with Crippen LogP contribution in [0.3, 0.4) is 0 Å². The Morgan fingerprint density at radius 3 is 2.14 bits per heavy atom. The predicted molar refractivity (Wildman–Crippen MR) is 80.2 cm³/mol. The fourth-order valence-corrected chi connectivity index (χ4v) is 2.83. The minimum Gasteiger partial charge on any atom is -0.494 e. The number of alkyl halides is 1. The van der Waals surface area contributed by atoms with E-state index in [-0.39, 0.29) is 10.6 Å². The minimum absolute atomic E-state index is 0.148. The first-order chi connectivity index (χ1) is 9.82. The lowest BCUT2D eigenvalue weighted by Crippen LogP contribution is -1.99. The van der Waals surface area contributed by atoms with Gasteiger partial charge in [0.15, 0.2) is 21.4 Å². The van der Waals surface area contributed by atoms with E-state index in [0.717, 1.165) is 6.26 Å². The molecule has 1 unspecified atom stereocenters. The summed E-state index contributed by atoms with van der Waals surface area (Å²) in [6.07, 6.45) is 1.14. The fraction of sp³-hybridized carbons (Fsp3) is 0.200. The summed E-state index contributed by atoms with van der Waals surface area (Å²) in [5.74, 6) is -0.344. The second kappa shape index (κ2) is 6.03. The van der Waals surface area contributed by atoms with Crippen molar-refractivity contribution >= 4 is 21.4 Å². The zero-order valence-corrected chi connectivity index (χ0v) is 13.1. The smallest absolute Gasteiger partial charge is 0.175 e. The minimum atomic E-state index is -3.25. The van der Waals surface area contributed by atoms with Crippen LogP contribution < -0.4 is 4.74 Å². The molecule has 0 saturated heterocycles. The van der Waals surface area contributed by atoms with Crippen LogP contribution in [0.5, 0.6) is 5.75 Å². The van der Waals surface area contributed by atoms with E-state index in [1.807, 2.05) is 0 Å². The molecular formula is C15H14ClFO3S. The van der Waals surface area contributed by atoms with Gasteiger partial charge in [-0.15, -0.1) is 11.6 Å². The van der Waals surface area contributed by atoms with Crippen molar-refractivity contribution < 1.29 is 17.5 Å². The third-order valence-electron chi connectivity index (χ3n) is 3.07. The number of methoxy groups -OCH3 is 1. The highest BCUT2D eigenvalue weighted by Crippen LogP contribution is 2.31. The molecule has 0 amide bonds. The molecule has 6 heteroatoms. The van der Waals surface area contributed by atoms with Crippen molar-refractivity contribution in [3.05, 3.63) is 59.4 Å². The van der Waals surface area contributed by atoms with Crippen LogP contribution in [0.25, 0.3) is 0 Å². The molecule has 0 aromatic heterocycles. The van der Waals surface area contributed by atoms with E-state index >= 15 is 0 Å². The van der Waals surface area contributed by atoms with Crippen LogP contribution in [-0.4, -0.2) is 21.8 Å². The number of hydrogen-bond donors (Lipinski definition) is 0. The number of hydrogen-bond acceptors (Lipinski definition) is 3. The summed E-state index contributed by atoms with van der Waals surface area (Å²) in [5.41, 5.74) is 1.26. The molecule has 21 heavy (non-hydrogen) atoms. The second-order valence-electron chi connectivity index (χ2n) is 4.60. The molecule has 2 aromatic carbocycles. The van der Waals surface area contributed by atoms with Crippen molar-refractivity contribution in [2.24, 2.45) is 0 Å². The molecule has 2 rings (SSSR count). The Labute approximate surface area is 128 Å². The van der Waals surface area contributed by atoms with E-state index in [4.69, 9.17) is 16.3 Å². The van der Waals surface area contributed by atoms with Gasteiger partial charge >= 0.3 is 0 Å². The number of ether oxygens (including phenoxy) is 1. The topological polar surface area (TPSA) is 43.4 Å². The van der Waals surface area contributed by atoms with E-state index in [9.17, 15) is 12.8 Å². The standard InChI is InChI=1S/C15H14ClFO3S/c1-20-14-8-5-11(9-13(14)17)15(16)10-3-6-12(7-4-10)21(2,18)19/h3-9,15H,1-2H3. The van der Waals surface area contributed by atoms with Gasteiger partial charge in [0.05, 0.1) is 17.4 Å². The van der Waals surface area contributed by atoms with Crippen molar-refractivity contribution in [2.45, 2.75) is 10.3 Å². The summed E-state index contributed by atoms with van der Waals surface area (Å²) in [6.45, 7) is 0. The quantitative estimate of drug-likeness (QED) is 0.806. The van der Waals surface area contributed by atoms with Crippen LogP contribution in [0.4, 0.5) is 4.39 Å². The van der Waals surface area contributed by atoms with Gasteiger partial charge in [-0.2, -0.15) is 0 Å². The molecule has 0 N–H and O–H groups in total. The first kappa shape index (κ1) is 15.8.